The Morgan fingerprint density at radius 3 is 2.84 bits per heavy atom. The van der Waals surface area contributed by atoms with Gasteiger partial charge in [-0.15, -0.1) is 0 Å². The van der Waals surface area contributed by atoms with E-state index in [0.717, 1.165) is 5.39 Å². The molecular formula is C15H12N2O2. The second-order valence-electron chi connectivity index (χ2n) is 4.34. The van der Waals surface area contributed by atoms with Crippen LogP contribution >= 0.6 is 0 Å². The van der Waals surface area contributed by atoms with Crippen LogP contribution in [0, 0.1) is 0 Å². The minimum absolute atomic E-state index is 0.0446. The number of carbonyl (C=O) groups excluding carboxylic acids is 1. The van der Waals surface area contributed by atoms with Crippen molar-refractivity contribution in [2.45, 2.75) is 6.54 Å². The fourth-order valence-corrected chi connectivity index (χ4v) is 2.11. The summed E-state index contributed by atoms with van der Waals surface area (Å²) in [6.45, 7) is 0.173. The average molecular weight is 252 g/mol. The van der Waals surface area contributed by atoms with Crippen molar-refractivity contribution in [2.75, 3.05) is 0 Å². The highest BCUT2D eigenvalue weighted by Crippen LogP contribution is 2.28. The first kappa shape index (κ1) is 11.5. The Balaban J connectivity index is 2.01. The van der Waals surface area contributed by atoms with Gasteiger partial charge in [0.25, 0.3) is 0 Å². The average Bonchev–Trinajstić information content (AvgIpc) is 2.92. The maximum atomic E-state index is 12.2. The summed E-state index contributed by atoms with van der Waals surface area (Å²) in [6.07, 6.45) is 4.92. The smallest absolute Gasteiger partial charge is 0.186 e. The lowest BCUT2D eigenvalue weighted by molar-refractivity contribution is 0.0970. The molecule has 0 atom stereocenters. The molecule has 1 heterocycles. The number of Topliss-reactive ketones (excluding diaryl/α,β-unsaturated/α-hetero) is 1. The number of nitrogens with zero attached hydrogens (tertiary/aromatic N) is 2. The van der Waals surface area contributed by atoms with Crippen molar-refractivity contribution in [2.24, 2.45) is 0 Å². The number of phenols is 1. The number of hydrogen-bond donors (Lipinski definition) is 1. The zero-order chi connectivity index (χ0) is 13.2. The molecule has 4 heteroatoms. The summed E-state index contributed by atoms with van der Waals surface area (Å²) in [5.74, 6) is -0.0931. The molecule has 0 amide bonds. The van der Waals surface area contributed by atoms with E-state index in [0.29, 0.717) is 10.9 Å². The molecule has 0 saturated heterocycles. The van der Waals surface area contributed by atoms with Gasteiger partial charge < -0.3 is 9.67 Å². The predicted molar refractivity (Wildman–Crippen MR) is 72.2 cm³/mol. The standard InChI is InChI=1S/C15H12N2O2/c18-14(9-17-8-7-16-10-17)13-6-5-11-3-1-2-4-12(11)15(13)19/h1-8,10,19H,9H2. The fourth-order valence-electron chi connectivity index (χ4n) is 2.11. The first-order valence-corrected chi connectivity index (χ1v) is 5.95. The van der Waals surface area contributed by atoms with E-state index in [1.54, 1.807) is 35.4 Å². The maximum Gasteiger partial charge on any atom is 0.186 e. The Morgan fingerprint density at radius 2 is 2.05 bits per heavy atom. The van der Waals surface area contributed by atoms with Crippen LogP contribution in [-0.4, -0.2) is 20.4 Å². The van der Waals surface area contributed by atoms with Crippen LogP contribution in [0.1, 0.15) is 10.4 Å². The number of imidazole rings is 1. The van der Waals surface area contributed by atoms with Gasteiger partial charge in [-0.1, -0.05) is 30.3 Å². The fraction of sp³-hybridized carbons (Fsp3) is 0.0667. The molecule has 19 heavy (non-hydrogen) atoms. The van der Waals surface area contributed by atoms with Crippen molar-refractivity contribution in [1.29, 1.82) is 0 Å². The molecule has 1 aromatic heterocycles. The number of ketones is 1. The van der Waals surface area contributed by atoms with Crippen LogP contribution in [0.15, 0.2) is 55.1 Å². The first-order chi connectivity index (χ1) is 9.25. The molecule has 0 radical (unpaired) electrons. The van der Waals surface area contributed by atoms with Crippen molar-refractivity contribution in [3.05, 3.63) is 60.7 Å². The molecule has 0 spiro atoms. The molecule has 0 unspecified atom stereocenters. The summed E-state index contributed by atoms with van der Waals surface area (Å²) in [7, 11) is 0. The lowest BCUT2D eigenvalue weighted by Gasteiger charge is -2.07. The van der Waals surface area contributed by atoms with Gasteiger partial charge in [0.2, 0.25) is 0 Å². The van der Waals surface area contributed by atoms with Crippen molar-refractivity contribution in [3.8, 4) is 5.75 Å². The van der Waals surface area contributed by atoms with Crippen molar-refractivity contribution in [3.63, 3.8) is 0 Å². The number of fused-ring (bicyclic) bond motifs is 1. The van der Waals surface area contributed by atoms with Gasteiger partial charge in [-0.3, -0.25) is 4.79 Å². The van der Waals surface area contributed by atoms with E-state index < -0.39 is 0 Å². The molecular weight excluding hydrogens is 240 g/mol. The molecule has 0 aliphatic rings. The van der Waals surface area contributed by atoms with E-state index in [-0.39, 0.29) is 18.1 Å². The van der Waals surface area contributed by atoms with Crippen molar-refractivity contribution < 1.29 is 9.90 Å². The van der Waals surface area contributed by atoms with Crippen LogP contribution < -0.4 is 0 Å². The minimum Gasteiger partial charge on any atom is -0.507 e. The normalized spacial score (nSPS) is 10.7. The van der Waals surface area contributed by atoms with Gasteiger partial charge in [-0.2, -0.15) is 0 Å². The topological polar surface area (TPSA) is 55.1 Å². The second kappa shape index (κ2) is 4.57. The van der Waals surface area contributed by atoms with Gasteiger partial charge in [0.15, 0.2) is 5.78 Å². The molecule has 1 N–H and O–H groups in total. The highest BCUT2D eigenvalue weighted by Gasteiger charge is 2.13. The Hall–Kier alpha value is -2.62. The molecule has 0 fully saturated rings. The Bertz CT molecular complexity index is 733. The van der Waals surface area contributed by atoms with E-state index in [1.165, 1.54) is 0 Å². The molecule has 0 aliphatic heterocycles. The number of carbonyl (C=O) groups is 1. The van der Waals surface area contributed by atoms with Gasteiger partial charge in [0, 0.05) is 17.8 Å². The van der Waals surface area contributed by atoms with E-state index in [2.05, 4.69) is 4.98 Å². The number of hydrogen-bond acceptors (Lipinski definition) is 3. The van der Waals surface area contributed by atoms with Gasteiger partial charge in [0.05, 0.1) is 18.4 Å². The van der Waals surface area contributed by atoms with Gasteiger partial charge >= 0.3 is 0 Å². The van der Waals surface area contributed by atoms with Crippen LogP contribution in [0.3, 0.4) is 0 Å². The monoisotopic (exact) mass is 252 g/mol. The highest BCUT2D eigenvalue weighted by molar-refractivity contribution is 6.04. The summed E-state index contributed by atoms with van der Waals surface area (Å²) in [5.41, 5.74) is 0.340. The number of phenolic OH excluding ortho intramolecular Hbond substituents is 1. The van der Waals surface area contributed by atoms with E-state index >= 15 is 0 Å². The zero-order valence-corrected chi connectivity index (χ0v) is 10.2. The molecule has 4 nitrogen and oxygen atoms in total. The number of aromatic hydroxyl groups is 1. The summed E-state index contributed by atoms with van der Waals surface area (Å²) in [4.78, 5) is 16.1. The van der Waals surface area contributed by atoms with Gasteiger partial charge in [-0.25, -0.2) is 4.98 Å². The first-order valence-electron chi connectivity index (χ1n) is 5.95. The summed E-state index contributed by atoms with van der Waals surface area (Å²) < 4.78 is 1.68. The molecule has 0 aliphatic carbocycles. The van der Waals surface area contributed by atoms with Crippen LogP contribution in [-0.2, 0) is 6.54 Å². The molecule has 3 aromatic rings. The predicted octanol–water partition coefficient (Wildman–Crippen LogP) is 2.62. The van der Waals surface area contributed by atoms with Gasteiger partial charge in [-0.05, 0) is 11.5 Å². The van der Waals surface area contributed by atoms with Crippen molar-refractivity contribution >= 4 is 16.6 Å². The van der Waals surface area contributed by atoms with Crippen LogP contribution in [0.5, 0.6) is 5.75 Å². The maximum absolute atomic E-state index is 12.2. The van der Waals surface area contributed by atoms with Crippen LogP contribution in [0.4, 0.5) is 0 Å². The van der Waals surface area contributed by atoms with Crippen LogP contribution in [0.2, 0.25) is 0 Å². The Kier molecular flexibility index (Phi) is 2.76. The Labute approximate surface area is 109 Å². The van der Waals surface area contributed by atoms with E-state index in [1.807, 2.05) is 24.3 Å². The minimum atomic E-state index is -0.138. The van der Waals surface area contributed by atoms with Crippen LogP contribution in [0.25, 0.3) is 10.8 Å². The SMILES string of the molecule is O=C(Cn1ccnc1)c1ccc2ccccc2c1O. The molecule has 3 rings (SSSR count). The van der Waals surface area contributed by atoms with E-state index in [9.17, 15) is 9.90 Å². The quantitative estimate of drug-likeness (QED) is 0.729. The third kappa shape index (κ3) is 2.08. The summed E-state index contributed by atoms with van der Waals surface area (Å²) in [6, 6.07) is 11.0. The molecule has 94 valence electrons. The third-order valence-corrected chi connectivity index (χ3v) is 3.09. The summed E-state index contributed by atoms with van der Waals surface area (Å²) in [5, 5.41) is 11.8. The molecule has 2 aromatic carbocycles. The van der Waals surface area contributed by atoms with Gasteiger partial charge in [0.1, 0.15) is 5.75 Å². The molecule has 0 saturated carbocycles. The lowest BCUT2D eigenvalue weighted by atomic mass is 10.0. The number of benzene rings is 2. The molecule has 0 bridgehead atoms. The summed E-state index contributed by atoms with van der Waals surface area (Å²) >= 11 is 0. The second-order valence-corrected chi connectivity index (χ2v) is 4.34. The Morgan fingerprint density at radius 1 is 1.21 bits per heavy atom. The number of aromatic nitrogens is 2. The largest absolute Gasteiger partial charge is 0.507 e. The van der Waals surface area contributed by atoms with Crippen molar-refractivity contribution in [1.82, 2.24) is 9.55 Å². The van der Waals surface area contributed by atoms with E-state index in [4.69, 9.17) is 0 Å². The zero-order valence-electron chi connectivity index (χ0n) is 10.2. The highest BCUT2D eigenvalue weighted by atomic mass is 16.3. The third-order valence-electron chi connectivity index (χ3n) is 3.09. The number of rotatable bonds is 3. The lowest BCUT2D eigenvalue weighted by Crippen LogP contribution is -2.09.